The molecule has 106 valence electrons. The summed E-state index contributed by atoms with van der Waals surface area (Å²) in [4.78, 5) is 27.7. The summed E-state index contributed by atoms with van der Waals surface area (Å²) in [5, 5.41) is 6.84. The highest BCUT2D eigenvalue weighted by atomic mass is 32.1. The zero-order valence-electron chi connectivity index (χ0n) is 10.8. The third-order valence-corrected chi connectivity index (χ3v) is 4.13. The maximum absolute atomic E-state index is 12.0. The van der Waals surface area contributed by atoms with Gasteiger partial charge in [0.2, 0.25) is 0 Å². The molecule has 20 heavy (non-hydrogen) atoms. The van der Waals surface area contributed by atoms with E-state index in [9.17, 15) is 9.59 Å². The molecule has 0 radical (unpaired) electrons. The van der Waals surface area contributed by atoms with Gasteiger partial charge in [-0.05, 0) is 0 Å². The molecule has 0 saturated heterocycles. The number of esters is 1. The molecule has 0 aromatic carbocycles. The first-order valence-corrected chi connectivity index (χ1v) is 7.33. The lowest BCUT2D eigenvalue weighted by atomic mass is 10.3. The van der Waals surface area contributed by atoms with E-state index in [1.807, 2.05) is 0 Å². The zero-order chi connectivity index (χ0) is 14.5. The molecule has 0 saturated carbocycles. The maximum atomic E-state index is 12.0. The smallest absolute Gasteiger partial charge is 0.349 e. The van der Waals surface area contributed by atoms with Crippen LogP contribution in [0.4, 0.5) is 0 Å². The minimum Gasteiger partial charge on any atom is -0.495 e. The Morgan fingerprint density at radius 3 is 2.85 bits per heavy atom. The van der Waals surface area contributed by atoms with Gasteiger partial charge in [0.15, 0.2) is 0 Å². The van der Waals surface area contributed by atoms with Gasteiger partial charge in [0.05, 0.1) is 32.5 Å². The number of thiazole rings is 1. The molecule has 2 heterocycles. The Morgan fingerprint density at radius 1 is 1.35 bits per heavy atom. The average molecular weight is 312 g/mol. The quantitative estimate of drug-likeness (QED) is 0.854. The van der Waals surface area contributed by atoms with Gasteiger partial charge in [-0.3, -0.25) is 4.79 Å². The van der Waals surface area contributed by atoms with Gasteiger partial charge in [-0.2, -0.15) is 0 Å². The normalized spacial score (nSPS) is 10.1. The molecule has 1 N–H and O–H groups in total. The fraction of sp³-hybridized carbons (Fsp3) is 0.250. The number of rotatable bonds is 5. The van der Waals surface area contributed by atoms with Crippen molar-refractivity contribution in [3.63, 3.8) is 0 Å². The molecule has 0 unspecified atom stereocenters. The molecule has 2 aromatic rings. The molecule has 8 heteroatoms. The first-order chi connectivity index (χ1) is 9.65. The molecular formula is C12H12N2O4S2. The number of hydrogen-bond donors (Lipinski definition) is 1. The largest absolute Gasteiger partial charge is 0.495 e. The number of carbonyl (C=O) groups is 2. The summed E-state index contributed by atoms with van der Waals surface area (Å²) in [6, 6.07) is 0. The highest BCUT2D eigenvalue weighted by Gasteiger charge is 2.15. The van der Waals surface area contributed by atoms with Crippen molar-refractivity contribution in [2.45, 2.75) is 6.54 Å². The second-order valence-corrected chi connectivity index (χ2v) is 5.51. The van der Waals surface area contributed by atoms with Gasteiger partial charge in [-0.15, -0.1) is 22.7 Å². The van der Waals surface area contributed by atoms with Crippen LogP contribution >= 0.6 is 22.7 Å². The number of ether oxygens (including phenoxy) is 2. The number of carbonyl (C=O) groups excluding carboxylic acids is 2. The van der Waals surface area contributed by atoms with E-state index in [1.54, 1.807) is 10.8 Å². The summed E-state index contributed by atoms with van der Waals surface area (Å²) in [6.45, 7) is 0.249. The molecule has 2 rings (SSSR count). The lowest BCUT2D eigenvalue weighted by Gasteiger charge is -2.03. The molecule has 0 bridgehead atoms. The summed E-state index contributed by atoms with van der Waals surface area (Å²) in [6.07, 6.45) is 1.43. The summed E-state index contributed by atoms with van der Waals surface area (Å²) in [5.41, 5.74) is 0.488. The van der Waals surface area contributed by atoms with Crippen molar-refractivity contribution in [2.75, 3.05) is 14.2 Å². The number of nitrogens with zero attached hydrogens (tertiary/aromatic N) is 1. The molecule has 0 aliphatic rings. The first kappa shape index (κ1) is 14.5. The second kappa shape index (κ2) is 6.49. The van der Waals surface area contributed by atoms with Gasteiger partial charge in [0.25, 0.3) is 5.91 Å². The minimum atomic E-state index is -0.431. The van der Waals surface area contributed by atoms with Crippen molar-refractivity contribution < 1.29 is 19.1 Å². The molecule has 0 atom stereocenters. The van der Waals surface area contributed by atoms with Crippen LogP contribution in [0.1, 0.15) is 25.0 Å². The molecule has 0 aliphatic heterocycles. The number of hydrogen-bond acceptors (Lipinski definition) is 7. The van der Waals surface area contributed by atoms with Crippen molar-refractivity contribution >= 4 is 34.6 Å². The molecule has 2 aromatic heterocycles. The predicted octanol–water partition coefficient (Wildman–Crippen LogP) is 1.93. The Balaban J connectivity index is 1.97. The lowest BCUT2D eigenvalue weighted by Crippen LogP contribution is -2.22. The molecule has 0 fully saturated rings. The Labute approximate surface area is 123 Å². The van der Waals surface area contributed by atoms with Crippen LogP contribution in [0.3, 0.4) is 0 Å². The van der Waals surface area contributed by atoms with E-state index in [-0.39, 0.29) is 12.5 Å². The van der Waals surface area contributed by atoms with Crippen LogP contribution in [-0.4, -0.2) is 31.1 Å². The summed E-state index contributed by atoms with van der Waals surface area (Å²) in [5.74, 6) is -0.126. The van der Waals surface area contributed by atoms with E-state index < -0.39 is 5.97 Å². The zero-order valence-corrected chi connectivity index (χ0v) is 12.5. The van der Waals surface area contributed by atoms with Crippen molar-refractivity contribution in [2.24, 2.45) is 0 Å². The van der Waals surface area contributed by atoms with E-state index in [2.05, 4.69) is 15.0 Å². The van der Waals surface area contributed by atoms with Gasteiger partial charge in [-0.25, -0.2) is 9.78 Å². The SMILES string of the molecule is COC(=O)c1cnc(CNC(=O)c2cscc2OC)s1. The molecule has 6 nitrogen and oxygen atoms in total. The highest BCUT2D eigenvalue weighted by molar-refractivity contribution is 7.13. The Hall–Kier alpha value is -1.93. The van der Waals surface area contributed by atoms with Crippen LogP contribution in [0.2, 0.25) is 0 Å². The summed E-state index contributed by atoms with van der Waals surface area (Å²) in [7, 11) is 2.83. The Kier molecular flexibility index (Phi) is 4.70. The number of thiophene rings is 1. The van der Waals surface area contributed by atoms with E-state index >= 15 is 0 Å². The number of methoxy groups -OCH3 is 2. The number of amides is 1. The third kappa shape index (κ3) is 3.14. The Bertz CT molecular complexity index is 621. The molecule has 0 aliphatic carbocycles. The maximum Gasteiger partial charge on any atom is 0.349 e. The van der Waals surface area contributed by atoms with Crippen molar-refractivity contribution in [1.29, 1.82) is 0 Å². The van der Waals surface area contributed by atoms with Gasteiger partial charge in [-0.1, -0.05) is 0 Å². The monoisotopic (exact) mass is 312 g/mol. The van der Waals surface area contributed by atoms with Crippen LogP contribution in [0.15, 0.2) is 17.0 Å². The van der Waals surface area contributed by atoms with Crippen molar-refractivity contribution in [3.05, 3.63) is 32.4 Å². The summed E-state index contributed by atoms with van der Waals surface area (Å²) < 4.78 is 9.68. The van der Waals surface area contributed by atoms with Crippen molar-refractivity contribution in [1.82, 2.24) is 10.3 Å². The van der Waals surface area contributed by atoms with Gasteiger partial charge < -0.3 is 14.8 Å². The molecule has 0 spiro atoms. The van der Waals surface area contributed by atoms with Gasteiger partial charge in [0.1, 0.15) is 15.6 Å². The van der Waals surface area contributed by atoms with Crippen LogP contribution in [0, 0.1) is 0 Å². The average Bonchev–Trinajstić information content (AvgIpc) is 3.12. The fourth-order valence-electron chi connectivity index (χ4n) is 1.45. The van der Waals surface area contributed by atoms with E-state index in [0.29, 0.717) is 21.2 Å². The van der Waals surface area contributed by atoms with E-state index in [4.69, 9.17) is 4.74 Å². The van der Waals surface area contributed by atoms with Crippen LogP contribution in [0.25, 0.3) is 0 Å². The lowest BCUT2D eigenvalue weighted by molar-refractivity contribution is 0.0606. The third-order valence-electron chi connectivity index (χ3n) is 2.43. The fourth-order valence-corrected chi connectivity index (χ4v) is 3.00. The summed E-state index contributed by atoms with van der Waals surface area (Å²) >= 11 is 2.58. The highest BCUT2D eigenvalue weighted by Crippen LogP contribution is 2.23. The van der Waals surface area contributed by atoms with E-state index in [1.165, 1.54) is 43.1 Å². The minimum absolute atomic E-state index is 0.238. The number of aromatic nitrogens is 1. The van der Waals surface area contributed by atoms with Gasteiger partial charge in [0, 0.05) is 10.8 Å². The van der Waals surface area contributed by atoms with Gasteiger partial charge >= 0.3 is 5.97 Å². The second-order valence-electron chi connectivity index (χ2n) is 3.65. The van der Waals surface area contributed by atoms with Crippen LogP contribution in [-0.2, 0) is 11.3 Å². The molecule has 1 amide bonds. The Morgan fingerprint density at radius 2 is 2.15 bits per heavy atom. The topological polar surface area (TPSA) is 77.5 Å². The standard InChI is InChI=1S/C12H12N2O4S2/c1-17-8-6-19-5-7(8)11(15)14-4-10-13-3-9(20-10)12(16)18-2/h3,5-6H,4H2,1-2H3,(H,14,15). The van der Waals surface area contributed by atoms with Crippen molar-refractivity contribution in [3.8, 4) is 5.75 Å². The van der Waals surface area contributed by atoms with Crippen LogP contribution in [0.5, 0.6) is 5.75 Å². The van der Waals surface area contributed by atoms with Crippen LogP contribution < -0.4 is 10.1 Å². The van der Waals surface area contributed by atoms with E-state index in [0.717, 1.165) is 0 Å². The first-order valence-electron chi connectivity index (χ1n) is 5.57. The number of nitrogens with one attached hydrogen (secondary N) is 1. The predicted molar refractivity (Wildman–Crippen MR) is 75.5 cm³/mol. The molecular weight excluding hydrogens is 300 g/mol.